The van der Waals surface area contributed by atoms with Crippen molar-refractivity contribution in [1.82, 2.24) is 5.32 Å². The van der Waals surface area contributed by atoms with E-state index in [2.05, 4.69) is 5.32 Å². The minimum absolute atomic E-state index is 0.179. The summed E-state index contributed by atoms with van der Waals surface area (Å²) in [6.45, 7) is 0.360. The van der Waals surface area contributed by atoms with Crippen LogP contribution in [0.4, 0.5) is 0 Å². The van der Waals surface area contributed by atoms with E-state index in [1.165, 1.54) is 14.2 Å². The second-order valence-electron chi connectivity index (χ2n) is 5.67. The molecule has 1 amide bonds. The number of amides is 1. The van der Waals surface area contributed by atoms with Crippen LogP contribution in [0.25, 0.3) is 0 Å². The molecule has 1 atom stereocenters. The zero-order chi connectivity index (χ0) is 17.8. The summed E-state index contributed by atoms with van der Waals surface area (Å²) in [5, 5.41) is 2.86. The maximum absolute atomic E-state index is 12.3. The molecule has 2 aromatic carbocycles. The highest BCUT2D eigenvalue weighted by molar-refractivity contribution is 5.96. The van der Waals surface area contributed by atoms with Crippen molar-refractivity contribution in [2.45, 2.75) is 12.5 Å². The van der Waals surface area contributed by atoms with Crippen molar-refractivity contribution in [2.75, 3.05) is 20.8 Å². The van der Waals surface area contributed by atoms with Crippen LogP contribution in [0.15, 0.2) is 42.5 Å². The number of carbonyl (C=O) groups excluding carboxylic acids is 2. The van der Waals surface area contributed by atoms with Crippen LogP contribution in [0.3, 0.4) is 0 Å². The van der Waals surface area contributed by atoms with Gasteiger partial charge in [0.05, 0.1) is 31.9 Å². The maximum Gasteiger partial charge on any atom is 0.337 e. The molecule has 1 heterocycles. The molecular formula is C19H19NO5. The molecule has 1 unspecified atom stereocenters. The Morgan fingerprint density at radius 1 is 1.20 bits per heavy atom. The van der Waals surface area contributed by atoms with E-state index in [9.17, 15) is 9.59 Å². The van der Waals surface area contributed by atoms with Crippen molar-refractivity contribution in [3.8, 4) is 11.5 Å². The van der Waals surface area contributed by atoms with Crippen molar-refractivity contribution in [1.29, 1.82) is 0 Å². The van der Waals surface area contributed by atoms with Gasteiger partial charge in [0, 0.05) is 6.42 Å². The Bertz CT molecular complexity index is 802. The molecule has 1 aliphatic rings. The lowest BCUT2D eigenvalue weighted by atomic mass is 10.1. The number of carbonyl (C=O) groups is 2. The van der Waals surface area contributed by atoms with E-state index in [4.69, 9.17) is 14.2 Å². The minimum Gasteiger partial charge on any atom is -0.496 e. The van der Waals surface area contributed by atoms with E-state index in [1.807, 2.05) is 6.07 Å². The van der Waals surface area contributed by atoms with E-state index in [0.717, 1.165) is 11.3 Å². The summed E-state index contributed by atoms with van der Waals surface area (Å²) >= 11 is 0. The predicted molar refractivity (Wildman–Crippen MR) is 91.2 cm³/mol. The second-order valence-corrected chi connectivity index (χ2v) is 5.67. The Labute approximate surface area is 145 Å². The van der Waals surface area contributed by atoms with Gasteiger partial charge in [-0.25, -0.2) is 4.79 Å². The van der Waals surface area contributed by atoms with Gasteiger partial charge in [-0.1, -0.05) is 12.1 Å². The molecule has 0 saturated carbocycles. The summed E-state index contributed by atoms with van der Waals surface area (Å²) in [5.41, 5.74) is 1.90. The number of esters is 1. The van der Waals surface area contributed by atoms with E-state index in [0.29, 0.717) is 29.8 Å². The molecule has 6 heteroatoms. The SMILES string of the molecule is COC(=O)c1ccc2c(c1)CC(CNC(=O)c1ccccc1OC)O2. The van der Waals surface area contributed by atoms with Crippen molar-refractivity contribution >= 4 is 11.9 Å². The number of fused-ring (bicyclic) bond motifs is 1. The molecule has 2 aromatic rings. The molecule has 0 fully saturated rings. The topological polar surface area (TPSA) is 73.9 Å². The Balaban J connectivity index is 1.62. The molecule has 0 bridgehead atoms. The lowest BCUT2D eigenvalue weighted by Crippen LogP contribution is -2.34. The van der Waals surface area contributed by atoms with Crippen LogP contribution >= 0.6 is 0 Å². The Hall–Kier alpha value is -3.02. The van der Waals surface area contributed by atoms with Crippen LogP contribution < -0.4 is 14.8 Å². The lowest BCUT2D eigenvalue weighted by Gasteiger charge is -2.13. The molecule has 25 heavy (non-hydrogen) atoms. The van der Waals surface area contributed by atoms with Gasteiger partial charge in [0.15, 0.2) is 0 Å². The van der Waals surface area contributed by atoms with Gasteiger partial charge >= 0.3 is 5.97 Å². The predicted octanol–water partition coefficient (Wildman–Crippen LogP) is 2.22. The summed E-state index contributed by atoms with van der Waals surface area (Å²) in [7, 11) is 2.88. The van der Waals surface area contributed by atoms with Crippen molar-refractivity contribution in [3.05, 3.63) is 59.2 Å². The quantitative estimate of drug-likeness (QED) is 0.844. The molecule has 3 rings (SSSR count). The normalized spacial score (nSPS) is 15.0. The van der Waals surface area contributed by atoms with Crippen LogP contribution in [-0.2, 0) is 11.2 Å². The fourth-order valence-corrected chi connectivity index (χ4v) is 2.81. The largest absolute Gasteiger partial charge is 0.496 e. The van der Waals surface area contributed by atoms with Crippen molar-refractivity contribution in [3.63, 3.8) is 0 Å². The molecule has 0 saturated heterocycles. The summed E-state index contributed by atoms with van der Waals surface area (Å²) < 4.78 is 15.7. The van der Waals surface area contributed by atoms with Gasteiger partial charge in [-0.3, -0.25) is 4.79 Å². The molecule has 130 valence electrons. The highest BCUT2D eigenvalue weighted by atomic mass is 16.5. The van der Waals surface area contributed by atoms with Gasteiger partial charge in [-0.2, -0.15) is 0 Å². The first-order valence-electron chi connectivity index (χ1n) is 7.91. The van der Waals surface area contributed by atoms with Crippen LogP contribution in [0.2, 0.25) is 0 Å². The number of benzene rings is 2. The number of para-hydroxylation sites is 1. The third-order valence-corrected chi connectivity index (χ3v) is 4.06. The number of nitrogens with one attached hydrogen (secondary N) is 1. The van der Waals surface area contributed by atoms with Crippen LogP contribution in [0.5, 0.6) is 11.5 Å². The van der Waals surface area contributed by atoms with Gasteiger partial charge in [0.25, 0.3) is 5.91 Å². The first-order valence-corrected chi connectivity index (χ1v) is 7.91. The Morgan fingerprint density at radius 2 is 2.00 bits per heavy atom. The fraction of sp³-hybridized carbons (Fsp3) is 0.263. The first kappa shape index (κ1) is 16.8. The standard InChI is InChI=1S/C19H19NO5/c1-23-17-6-4-3-5-15(17)18(21)20-11-14-10-13-9-12(19(22)24-2)7-8-16(13)25-14/h3-9,14H,10-11H2,1-2H3,(H,20,21). The molecule has 0 spiro atoms. The van der Waals surface area contributed by atoms with E-state index >= 15 is 0 Å². The third kappa shape index (κ3) is 3.57. The number of methoxy groups -OCH3 is 2. The monoisotopic (exact) mass is 341 g/mol. The number of hydrogen-bond acceptors (Lipinski definition) is 5. The molecule has 1 N–H and O–H groups in total. The van der Waals surface area contributed by atoms with Gasteiger partial charge in [0.1, 0.15) is 17.6 Å². The van der Waals surface area contributed by atoms with Crippen molar-refractivity contribution in [2.24, 2.45) is 0 Å². The maximum atomic E-state index is 12.3. The molecule has 6 nitrogen and oxygen atoms in total. The summed E-state index contributed by atoms with van der Waals surface area (Å²) in [6.07, 6.45) is 0.438. The molecule has 0 aliphatic carbocycles. The van der Waals surface area contributed by atoms with Gasteiger partial charge < -0.3 is 19.5 Å². The zero-order valence-electron chi connectivity index (χ0n) is 14.1. The van der Waals surface area contributed by atoms with E-state index in [-0.39, 0.29) is 18.0 Å². The fourth-order valence-electron chi connectivity index (χ4n) is 2.81. The summed E-state index contributed by atoms with van der Waals surface area (Å²) in [4.78, 5) is 23.9. The molecule has 0 aromatic heterocycles. The van der Waals surface area contributed by atoms with E-state index in [1.54, 1.807) is 36.4 Å². The number of rotatable bonds is 5. The van der Waals surface area contributed by atoms with Gasteiger partial charge in [-0.05, 0) is 35.9 Å². The molecule has 0 radical (unpaired) electrons. The average Bonchev–Trinajstić information content (AvgIpc) is 3.07. The van der Waals surface area contributed by atoms with Crippen LogP contribution in [0.1, 0.15) is 26.3 Å². The highest BCUT2D eigenvalue weighted by Crippen LogP contribution is 2.29. The Kier molecular flexibility index (Phi) is 4.88. The molecular weight excluding hydrogens is 322 g/mol. The van der Waals surface area contributed by atoms with Crippen molar-refractivity contribution < 1.29 is 23.8 Å². The third-order valence-electron chi connectivity index (χ3n) is 4.06. The van der Waals surface area contributed by atoms with E-state index < -0.39 is 0 Å². The molecule has 1 aliphatic heterocycles. The number of hydrogen-bond donors (Lipinski definition) is 1. The summed E-state index contributed by atoms with van der Waals surface area (Å²) in [6, 6.07) is 12.2. The minimum atomic E-state index is -0.379. The van der Waals surface area contributed by atoms with Gasteiger partial charge in [0.2, 0.25) is 0 Å². The highest BCUT2D eigenvalue weighted by Gasteiger charge is 2.25. The summed E-state index contributed by atoms with van der Waals surface area (Å²) in [5.74, 6) is 0.658. The second kappa shape index (κ2) is 7.25. The average molecular weight is 341 g/mol. The van der Waals surface area contributed by atoms with Crippen LogP contribution in [0, 0.1) is 0 Å². The van der Waals surface area contributed by atoms with Gasteiger partial charge in [-0.15, -0.1) is 0 Å². The smallest absolute Gasteiger partial charge is 0.337 e. The Morgan fingerprint density at radius 3 is 2.76 bits per heavy atom. The van der Waals surface area contributed by atoms with Crippen LogP contribution in [-0.4, -0.2) is 38.7 Å². The zero-order valence-corrected chi connectivity index (χ0v) is 14.1. The first-order chi connectivity index (χ1) is 12.1. The lowest BCUT2D eigenvalue weighted by molar-refractivity contribution is 0.0600. The number of ether oxygens (including phenoxy) is 3.